The van der Waals surface area contributed by atoms with Gasteiger partial charge in [-0.05, 0) is 62.7 Å². The Morgan fingerprint density at radius 3 is 2.20 bits per heavy atom. The van der Waals surface area contributed by atoms with Gasteiger partial charge in [-0.2, -0.15) is 5.10 Å². The van der Waals surface area contributed by atoms with Gasteiger partial charge in [-0.25, -0.2) is 0 Å². The predicted octanol–water partition coefficient (Wildman–Crippen LogP) is 0.720. The summed E-state index contributed by atoms with van der Waals surface area (Å²) in [7, 11) is 0. The van der Waals surface area contributed by atoms with Gasteiger partial charge in [-0.3, -0.25) is 0 Å². The fraction of sp³-hybridized carbons (Fsp3) is 0.857. The largest absolute Gasteiger partial charge is 0.396 e. The molecule has 0 aromatic heterocycles. The summed E-state index contributed by atoms with van der Waals surface area (Å²) in [4.78, 5) is 0. The molecule has 1 spiro atoms. The third kappa shape index (κ3) is 3.70. The molecule has 0 bridgehead atoms. The highest BCUT2D eigenvalue weighted by Crippen LogP contribution is 2.50. The van der Waals surface area contributed by atoms with Crippen LogP contribution in [0, 0.1) is 11.3 Å². The normalized spacial score (nSPS) is 38.2. The zero-order valence-corrected chi connectivity index (χ0v) is 12.0. The van der Waals surface area contributed by atoms with E-state index in [1.807, 2.05) is 0 Å². The molecule has 0 atom stereocenters. The highest BCUT2D eigenvalue weighted by atomic mass is 16.3. The number of rotatable bonds is 3. The lowest BCUT2D eigenvalue weighted by atomic mass is 9.61. The van der Waals surface area contributed by atoms with Crippen LogP contribution in [0.15, 0.2) is 10.2 Å². The van der Waals surface area contributed by atoms with Crippen molar-refractivity contribution in [1.29, 1.82) is 0 Å². The Kier molecular flexibility index (Phi) is 4.65. The third-order valence-electron chi connectivity index (χ3n) is 5.07. The highest BCUT2D eigenvalue weighted by molar-refractivity contribution is 5.77. The monoisotopic (exact) mass is 282 g/mol. The Balaban J connectivity index is 1.89. The van der Waals surface area contributed by atoms with Crippen molar-refractivity contribution >= 4 is 12.2 Å². The van der Waals surface area contributed by atoms with Crippen LogP contribution in [0.2, 0.25) is 0 Å². The standard InChI is InChI=1S/C14H26N4O2/c15-12(16)18-17-10-14(20)7-5-13(6-8-14)3-1-11(9-19)2-4-13/h10-11,19-20H,1-9H2,(H4,15,16,18). The first-order chi connectivity index (χ1) is 9.47. The highest BCUT2D eigenvalue weighted by Gasteiger charge is 2.42. The molecule has 6 heteroatoms. The van der Waals surface area contributed by atoms with Gasteiger partial charge in [0.15, 0.2) is 0 Å². The second-order valence-electron chi connectivity index (χ2n) is 6.50. The summed E-state index contributed by atoms with van der Waals surface area (Å²) in [5.74, 6) is 0.379. The van der Waals surface area contributed by atoms with Crippen molar-refractivity contribution in [2.75, 3.05) is 6.61 Å². The zero-order valence-electron chi connectivity index (χ0n) is 12.0. The molecule has 2 saturated carbocycles. The van der Waals surface area contributed by atoms with E-state index < -0.39 is 5.60 Å². The minimum absolute atomic E-state index is 0.0977. The molecule has 0 unspecified atom stereocenters. The van der Waals surface area contributed by atoms with E-state index in [4.69, 9.17) is 11.5 Å². The van der Waals surface area contributed by atoms with Gasteiger partial charge in [-0.1, -0.05) is 0 Å². The predicted molar refractivity (Wildman–Crippen MR) is 79.2 cm³/mol. The lowest BCUT2D eigenvalue weighted by Crippen LogP contribution is -2.42. The van der Waals surface area contributed by atoms with E-state index >= 15 is 0 Å². The average molecular weight is 282 g/mol. The maximum atomic E-state index is 10.5. The second kappa shape index (κ2) is 6.10. The summed E-state index contributed by atoms with van der Waals surface area (Å²) < 4.78 is 0. The lowest BCUT2D eigenvalue weighted by Gasteiger charge is -2.46. The van der Waals surface area contributed by atoms with Crippen molar-refractivity contribution in [3.63, 3.8) is 0 Å². The van der Waals surface area contributed by atoms with Crippen LogP contribution >= 0.6 is 0 Å². The van der Waals surface area contributed by atoms with E-state index in [-0.39, 0.29) is 5.96 Å². The molecular formula is C14H26N4O2. The maximum Gasteiger partial charge on any atom is 0.211 e. The van der Waals surface area contributed by atoms with E-state index in [0.29, 0.717) is 30.8 Å². The van der Waals surface area contributed by atoms with Crippen molar-refractivity contribution in [2.24, 2.45) is 33.0 Å². The number of hydrogen-bond acceptors (Lipinski definition) is 4. The number of nitrogens with zero attached hydrogens (tertiary/aromatic N) is 2. The van der Waals surface area contributed by atoms with Gasteiger partial charge in [0, 0.05) is 6.61 Å². The van der Waals surface area contributed by atoms with Crippen molar-refractivity contribution in [3.05, 3.63) is 0 Å². The summed E-state index contributed by atoms with van der Waals surface area (Å²) in [6.45, 7) is 0.311. The van der Waals surface area contributed by atoms with Gasteiger partial charge in [-0.15, -0.1) is 5.10 Å². The molecule has 2 aliphatic carbocycles. The molecule has 0 radical (unpaired) electrons. The van der Waals surface area contributed by atoms with Crippen LogP contribution in [-0.2, 0) is 0 Å². The smallest absolute Gasteiger partial charge is 0.211 e. The summed E-state index contributed by atoms with van der Waals surface area (Å²) in [5.41, 5.74) is 9.89. The summed E-state index contributed by atoms with van der Waals surface area (Å²) in [6, 6.07) is 0. The van der Waals surface area contributed by atoms with Crippen LogP contribution in [0.5, 0.6) is 0 Å². The van der Waals surface area contributed by atoms with Crippen LogP contribution in [0.4, 0.5) is 0 Å². The summed E-state index contributed by atoms with van der Waals surface area (Å²) in [5, 5.41) is 27.0. The van der Waals surface area contributed by atoms with Crippen molar-refractivity contribution in [1.82, 2.24) is 0 Å². The van der Waals surface area contributed by atoms with Gasteiger partial charge in [0.25, 0.3) is 0 Å². The molecule has 0 saturated heterocycles. The Bertz CT molecular complexity index is 373. The molecule has 6 N–H and O–H groups in total. The number of nitrogens with two attached hydrogens (primary N) is 2. The Labute approximate surface area is 120 Å². The number of hydrogen-bond donors (Lipinski definition) is 4. The van der Waals surface area contributed by atoms with Gasteiger partial charge in [0.2, 0.25) is 5.96 Å². The Hall–Kier alpha value is -1.14. The van der Waals surface area contributed by atoms with Gasteiger partial charge in [0.05, 0.1) is 6.21 Å². The average Bonchev–Trinajstić information content (AvgIpc) is 2.43. The van der Waals surface area contributed by atoms with Crippen molar-refractivity contribution in [2.45, 2.75) is 57.0 Å². The molecule has 20 heavy (non-hydrogen) atoms. The molecule has 0 aliphatic heterocycles. The number of aliphatic hydroxyl groups is 2. The van der Waals surface area contributed by atoms with Crippen molar-refractivity contribution in [3.8, 4) is 0 Å². The number of aliphatic hydroxyl groups excluding tert-OH is 1. The lowest BCUT2D eigenvalue weighted by molar-refractivity contribution is -0.00568. The Morgan fingerprint density at radius 1 is 1.10 bits per heavy atom. The third-order valence-corrected chi connectivity index (χ3v) is 5.07. The molecular weight excluding hydrogens is 256 g/mol. The van der Waals surface area contributed by atoms with E-state index in [1.54, 1.807) is 0 Å². The first kappa shape index (κ1) is 15.3. The molecule has 114 valence electrons. The van der Waals surface area contributed by atoms with Gasteiger partial charge < -0.3 is 21.7 Å². The summed E-state index contributed by atoms with van der Waals surface area (Å²) >= 11 is 0. The molecule has 0 aromatic carbocycles. The minimum atomic E-state index is -0.877. The molecule has 0 aromatic rings. The van der Waals surface area contributed by atoms with Crippen LogP contribution in [-0.4, -0.2) is 34.6 Å². The SMILES string of the molecule is NC(N)=NN=CC1(O)CCC2(CCC(CO)CC2)CC1. The quantitative estimate of drug-likeness (QED) is 0.346. The molecule has 2 fully saturated rings. The van der Waals surface area contributed by atoms with E-state index in [1.165, 1.54) is 19.1 Å². The van der Waals surface area contributed by atoms with Gasteiger partial charge >= 0.3 is 0 Å². The summed E-state index contributed by atoms with van der Waals surface area (Å²) in [6.07, 6.45) is 9.46. The molecule has 2 rings (SSSR count). The van der Waals surface area contributed by atoms with Crippen molar-refractivity contribution < 1.29 is 10.2 Å². The van der Waals surface area contributed by atoms with Crippen LogP contribution in [0.3, 0.4) is 0 Å². The first-order valence-electron chi connectivity index (χ1n) is 7.43. The topological polar surface area (TPSA) is 117 Å². The molecule has 0 amide bonds. The van der Waals surface area contributed by atoms with E-state index in [0.717, 1.165) is 25.7 Å². The zero-order chi connectivity index (χ0) is 14.6. The van der Waals surface area contributed by atoms with E-state index in [9.17, 15) is 10.2 Å². The number of guanidine groups is 1. The fourth-order valence-corrected chi connectivity index (χ4v) is 3.52. The maximum absolute atomic E-state index is 10.5. The van der Waals surface area contributed by atoms with Crippen LogP contribution in [0.25, 0.3) is 0 Å². The van der Waals surface area contributed by atoms with E-state index in [2.05, 4.69) is 10.2 Å². The molecule has 2 aliphatic rings. The fourth-order valence-electron chi connectivity index (χ4n) is 3.52. The molecule has 6 nitrogen and oxygen atoms in total. The van der Waals surface area contributed by atoms with Crippen LogP contribution in [0.1, 0.15) is 51.4 Å². The molecule has 0 heterocycles. The Morgan fingerprint density at radius 2 is 1.70 bits per heavy atom. The van der Waals surface area contributed by atoms with Crippen LogP contribution < -0.4 is 11.5 Å². The minimum Gasteiger partial charge on any atom is -0.396 e. The second-order valence-corrected chi connectivity index (χ2v) is 6.50. The van der Waals surface area contributed by atoms with Gasteiger partial charge in [0.1, 0.15) is 5.60 Å². The first-order valence-corrected chi connectivity index (χ1v) is 7.43.